The molecule has 7 heteroatoms. The highest BCUT2D eigenvalue weighted by Crippen LogP contribution is 2.33. The van der Waals surface area contributed by atoms with Gasteiger partial charge < -0.3 is 10.1 Å². The van der Waals surface area contributed by atoms with E-state index in [4.69, 9.17) is 4.74 Å². The van der Waals surface area contributed by atoms with Gasteiger partial charge in [0.25, 0.3) is 5.91 Å². The molecule has 0 atom stereocenters. The normalized spacial score (nSPS) is 11.0. The molecule has 2 aromatic rings. The van der Waals surface area contributed by atoms with E-state index in [2.05, 4.69) is 5.32 Å². The minimum atomic E-state index is -0.549. The van der Waals surface area contributed by atoms with Gasteiger partial charge in [-0.2, -0.15) is 5.26 Å². The summed E-state index contributed by atoms with van der Waals surface area (Å²) in [4.78, 5) is 25.9. The van der Waals surface area contributed by atoms with Gasteiger partial charge in [-0.3, -0.25) is 4.79 Å². The maximum atomic E-state index is 12.3. The Kier molecular flexibility index (Phi) is 5.32. The van der Waals surface area contributed by atoms with Crippen LogP contribution < -0.4 is 5.32 Å². The third-order valence-electron chi connectivity index (χ3n) is 3.20. The fourth-order valence-electron chi connectivity index (χ4n) is 1.90. The molecule has 0 radical (unpaired) electrons. The summed E-state index contributed by atoms with van der Waals surface area (Å²) in [5, 5.41) is 14.1. The molecular weight excluding hydrogens is 332 g/mol. The van der Waals surface area contributed by atoms with Crippen molar-refractivity contribution in [3.05, 3.63) is 44.0 Å². The number of esters is 1. The number of nitrogens with one attached hydrogen (secondary N) is 1. The Morgan fingerprint density at radius 3 is 2.70 bits per heavy atom. The van der Waals surface area contributed by atoms with Gasteiger partial charge >= 0.3 is 5.97 Å². The van der Waals surface area contributed by atoms with Crippen molar-refractivity contribution >= 4 is 45.6 Å². The Balaban J connectivity index is 2.32. The quantitative estimate of drug-likeness (QED) is 0.519. The van der Waals surface area contributed by atoms with E-state index in [1.807, 2.05) is 30.5 Å². The highest BCUT2D eigenvalue weighted by atomic mass is 32.1. The molecule has 2 aromatic heterocycles. The predicted octanol–water partition coefficient (Wildman–Crippen LogP) is 3.76. The number of anilines is 1. The van der Waals surface area contributed by atoms with E-state index in [0.29, 0.717) is 10.6 Å². The van der Waals surface area contributed by atoms with Crippen LogP contribution in [0.5, 0.6) is 0 Å². The number of carbonyl (C=O) groups is 2. The van der Waals surface area contributed by atoms with Crippen LogP contribution in [0.25, 0.3) is 6.08 Å². The molecule has 0 aromatic carbocycles. The van der Waals surface area contributed by atoms with E-state index in [1.165, 1.54) is 35.9 Å². The van der Waals surface area contributed by atoms with E-state index in [1.54, 1.807) is 6.92 Å². The summed E-state index contributed by atoms with van der Waals surface area (Å²) >= 11 is 2.71. The number of amides is 1. The van der Waals surface area contributed by atoms with Crippen LogP contribution in [0.15, 0.2) is 23.1 Å². The van der Waals surface area contributed by atoms with E-state index in [0.717, 1.165) is 15.3 Å². The Bertz CT molecular complexity index is 811. The first-order valence-corrected chi connectivity index (χ1v) is 8.32. The number of carbonyl (C=O) groups excluding carboxylic acids is 2. The van der Waals surface area contributed by atoms with Crippen molar-refractivity contribution in [2.45, 2.75) is 13.8 Å². The van der Waals surface area contributed by atoms with Gasteiger partial charge in [0.2, 0.25) is 0 Å². The number of ether oxygens (including phenoxy) is 1. The summed E-state index contributed by atoms with van der Waals surface area (Å²) in [7, 11) is 1.29. The SMILES string of the molecule is COC(=O)c1c(NC(=O)C(C#N)=Cc2cccs2)sc(C)c1C. The van der Waals surface area contributed by atoms with Crippen LogP contribution in [0.1, 0.15) is 25.7 Å². The first-order valence-electron chi connectivity index (χ1n) is 6.62. The number of nitriles is 1. The van der Waals surface area contributed by atoms with Gasteiger partial charge in [-0.25, -0.2) is 4.79 Å². The molecule has 0 bridgehead atoms. The fourth-order valence-corrected chi connectivity index (χ4v) is 3.60. The average molecular weight is 346 g/mol. The molecule has 0 spiro atoms. The highest BCUT2D eigenvalue weighted by Gasteiger charge is 2.22. The lowest BCUT2D eigenvalue weighted by atomic mass is 10.1. The summed E-state index contributed by atoms with van der Waals surface area (Å²) < 4.78 is 4.76. The number of aryl methyl sites for hydroxylation is 1. The van der Waals surface area contributed by atoms with E-state index in [9.17, 15) is 14.9 Å². The minimum Gasteiger partial charge on any atom is -0.465 e. The number of thiophene rings is 2. The molecular formula is C16H14N2O3S2. The van der Waals surface area contributed by atoms with Crippen molar-refractivity contribution in [1.82, 2.24) is 0 Å². The Hall–Kier alpha value is -2.43. The minimum absolute atomic E-state index is 0.0213. The van der Waals surface area contributed by atoms with Crippen LogP contribution in [-0.2, 0) is 9.53 Å². The molecule has 0 saturated carbocycles. The summed E-state index contributed by atoms with van der Waals surface area (Å²) in [6, 6.07) is 5.54. The lowest BCUT2D eigenvalue weighted by Gasteiger charge is -2.05. The molecule has 2 heterocycles. The molecule has 0 fully saturated rings. The summed E-state index contributed by atoms with van der Waals surface area (Å²) in [5.74, 6) is -1.06. The lowest BCUT2D eigenvalue weighted by Crippen LogP contribution is -2.15. The Morgan fingerprint density at radius 2 is 2.13 bits per heavy atom. The smallest absolute Gasteiger partial charge is 0.341 e. The molecule has 0 saturated heterocycles. The van der Waals surface area contributed by atoms with Crippen LogP contribution in [-0.4, -0.2) is 19.0 Å². The molecule has 2 rings (SSSR count). The van der Waals surface area contributed by atoms with E-state index in [-0.39, 0.29) is 5.57 Å². The van der Waals surface area contributed by atoms with Crippen LogP contribution in [0, 0.1) is 25.2 Å². The molecule has 0 aliphatic heterocycles. The van der Waals surface area contributed by atoms with Crippen LogP contribution in [0.4, 0.5) is 5.00 Å². The predicted molar refractivity (Wildman–Crippen MR) is 91.7 cm³/mol. The maximum Gasteiger partial charge on any atom is 0.341 e. The largest absolute Gasteiger partial charge is 0.465 e. The molecule has 23 heavy (non-hydrogen) atoms. The van der Waals surface area contributed by atoms with Crippen LogP contribution in [0.2, 0.25) is 0 Å². The zero-order valence-electron chi connectivity index (χ0n) is 12.8. The molecule has 118 valence electrons. The van der Waals surface area contributed by atoms with Gasteiger partial charge in [0, 0.05) is 9.75 Å². The molecule has 1 N–H and O–H groups in total. The highest BCUT2D eigenvalue weighted by molar-refractivity contribution is 7.16. The van der Waals surface area contributed by atoms with Crippen molar-refractivity contribution in [1.29, 1.82) is 5.26 Å². The number of hydrogen-bond acceptors (Lipinski definition) is 6. The van der Waals surface area contributed by atoms with Crippen molar-refractivity contribution in [2.75, 3.05) is 12.4 Å². The number of hydrogen-bond donors (Lipinski definition) is 1. The van der Waals surface area contributed by atoms with Gasteiger partial charge in [0.05, 0.1) is 12.7 Å². The Labute approximate surface area is 141 Å². The third kappa shape index (κ3) is 3.67. The lowest BCUT2D eigenvalue weighted by molar-refractivity contribution is -0.112. The van der Waals surface area contributed by atoms with Crippen molar-refractivity contribution in [3.8, 4) is 6.07 Å². The zero-order valence-corrected chi connectivity index (χ0v) is 14.4. The first kappa shape index (κ1) is 16.9. The molecule has 0 aliphatic carbocycles. The topological polar surface area (TPSA) is 79.2 Å². The number of nitrogens with zero attached hydrogens (tertiary/aromatic N) is 1. The molecule has 1 amide bonds. The average Bonchev–Trinajstić information content (AvgIpc) is 3.13. The van der Waals surface area contributed by atoms with Crippen molar-refractivity contribution in [2.24, 2.45) is 0 Å². The second-order valence-corrected chi connectivity index (χ2v) is 6.82. The van der Waals surface area contributed by atoms with Crippen LogP contribution >= 0.6 is 22.7 Å². The van der Waals surface area contributed by atoms with Gasteiger partial charge in [0.15, 0.2) is 0 Å². The summed E-state index contributed by atoms with van der Waals surface area (Å²) in [6.45, 7) is 3.65. The molecule has 0 unspecified atom stereocenters. The zero-order chi connectivity index (χ0) is 17.0. The maximum absolute atomic E-state index is 12.3. The van der Waals surface area contributed by atoms with E-state index < -0.39 is 11.9 Å². The van der Waals surface area contributed by atoms with Gasteiger partial charge in [-0.1, -0.05) is 6.07 Å². The standard InChI is InChI=1S/C16H14N2O3S2/c1-9-10(2)23-15(13(9)16(20)21-3)18-14(19)11(8-17)7-12-5-4-6-22-12/h4-7H,1-3H3,(H,18,19). The number of methoxy groups -OCH3 is 1. The molecule has 5 nitrogen and oxygen atoms in total. The first-order chi connectivity index (χ1) is 11.0. The van der Waals surface area contributed by atoms with Crippen LogP contribution in [0.3, 0.4) is 0 Å². The summed E-state index contributed by atoms with van der Waals surface area (Å²) in [6.07, 6.45) is 1.52. The monoisotopic (exact) mass is 346 g/mol. The third-order valence-corrected chi connectivity index (χ3v) is 5.14. The van der Waals surface area contributed by atoms with Gasteiger partial charge in [-0.05, 0) is 36.9 Å². The van der Waals surface area contributed by atoms with E-state index >= 15 is 0 Å². The molecule has 0 aliphatic rings. The van der Waals surface area contributed by atoms with Crippen molar-refractivity contribution < 1.29 is 14.3 Å². The number of rotatable bonds is 4. The Morgan fingerprint density at radius 1 is 1.39 bits per heavy atom. The second kappa shape index (κ2) is 7.22. The van der Waals surface area contributed by atoms with Gasteiger partial charge in [-0.15, -0.1) is 22.7 Å². The fraction of sp³-hybridized carbons (Fsp3) is 0.188. The van der Waals surface area contributed by atoms with Gasteiger partial charge in [0.1, 0.15) is 16.6 Å². The van der Waals surface area contributed by atoms with Crippen molar-refractivity contribution in [3.63, 3.8) is 0 Å². The second-order valence-electron chi connectivity index (χ2n) is 4.62. The summed E-state index contributed by atoms with van der Waals surface area (Å²) in [5.41, 5.74) is 1.07.